The van der Waals surface area contributed by atoms with Crippen molar-refractivity contribution in [1.82, 2.24) is 4.57 Å². The molecule has 0 amide bonds. The summed E-state index contributed by atoms with van der Waals surface area (Å²) in [5, 5.41) is 2.44. The first kappa shape index (κ1) is 33.2. The van der Waals surface area contributed by atoms with Crippen LogP contribution < -0.4 is 4.90 Å². The summed E-state index contributed by atoms with van der Waals surface area (Å²) >= 11 is 0. The van der Waals surface area contributed by atoms with Crippen molar-refractivity contribution < 1.29 is 0 Å². The molecule has 10 rings (SSSR count). The van der Waals surface area contributed by atoms with Gasteiger partial charge in [-0.25, -0.2) is 0 Å². The molecule has 0 aliphatic heterocycles. The van der Waals surface area contributed by atoms with Gasteiger partial charge in [-0.1, -0.05) is 164 Å². The van der Waals surface area contributed by atoms with Gasteiger partial charge in [-0.3, -0.25) is 0 Å². The minimum Gasteiger partial charge on any atom is -0.310 e. The van der Waals surface area contributed by atoms with Gasteiger partial charge in [-0.2, -0.15) is 0 Å². The zero-order chi connectivity index (χ0) is 37.3. The summed E-state index contributed by atoms with van der Waals surface area (Å²) < 4.78 is 2.41. The fourth-order valence-corrected chi connectivity index (χ4v) is 8.10. The number of para-hydroxylation sites is 1. The van der Waals surface area contributed by atoms with Gasteiger partial charge in [0.25, 0.3) is 0 Å². The van der Waals surface area contributed by atoms with Gasteiger partial charge in [-0.15, -0.1) is 0 Å². The lowest BCUT2D eigenvalue weighted by Gasteiger charge is -2.26. The van der Waals surface area contributed by atoms with E-state index in [1.54, 1.807) is 0 Å². The van der Waals surface area contributed by atoms with Crippen LogP contribution in [0.1, 0.15) is 0 Å². The van der Waals surface area contributed by atoms with Crippen molar-refractivity contribution >= 4 is 38.9 Å². The van der Waals surface area contributed by atoms with Crippen LogP contribution in [0.3, 0.4) is 0 Å². The van der Waals surface area contributed by atoms with E-state index in [-0.39, 0.29) is 0 Å². The number of hydrogen-bond donors (Lipinski definition) is 0. The monoisotopic (exact) mass is 714 g/mol. The number of fused-ring (bicyclic) bond motifs is 3. The highest BCUT2D eigenvalue weighted by molar-refractivity contribution is 6.17. The topological polar surface area (TPSA) is 8.17 Å². The summed E-state index contributed by atoms with van der Waals surface area (Å²) in [6.45, 7) is 0. The van der Waals surface area contributed by atoms with Crippen LogP contribution in [0.4, 0.5) is 17.1 Å². The molecule has 0 atom stereocenters. The van der Waals surface area contributed by atoms with Crippen LogP contribution in [0, 0.1) is 0 Å². The highest BCUT2D eigenvalue weighted by Gasteiger charge is 2.20. The molecule has 2 nitrogen and oxygen atoms in total. The van der Waals surface area contributed by atoms with Crippen molar-refractivity contribution in [2.75, 3.05) is 4.90 Å². The van der Waals surface area contributed by atoms with Gasteiger partial charge in [0, 0.05) is 33.5 Å². The van der Waals surface area contributed by atoms with E-state index in [1.807, 2.05) is 0 Å². The molecule has 0 saturated carbocycles. The second-order valence-electron chi connectivity index (χ2n) is 14.2. The van der Waals surface area contributed by atoms with E-state index in [2.05, 4.69) is 240 Å². The quantitative estimate of drug-likeness (QED) is 0.152. The lowest BCUT2D eigenvalue weighted by molar-refractivity contribution is 1.18. The maximum Gasteiger partial charge on any atom is 0.0547 e. The van der Waals surface area contributed by atoms with Crippen LogP contribution in [0.2, 0.25) is 0 Å². The predicted octanol–water partition coefficient (Wildman–Crippen LogP) is 14.9. The average molecular weight is 715 g/mol. The van der Waals surface area contributed by atoms with Gasteiger partial charge >= 0.3 is 0 Å². The van der Waals surface area contributed by atoms with E-state index in [9.17, 15) is 0 Å². The molecule has 56 heavy (non-hydrogen) atoms. The molecule has 9 aromatic carbocycles. The third kappa shape index (κ3) is 6.14. The number of hydrogen-bond acceptors (Lipinski definition) is 1. The number of nitrogens with zero attached hydrogens (tertiary/aromatic N) is 2. The highest BCUT2D eigenvalue weighted by Crippen LogP contribution is 2.43. The minimum absolute atomic E-state index is 1.09. The van der Waals surface area contributed by atoms with Crippen LogP contribution in [0.15, 0.2) is 231 Å². The largest absolute Gasteiger partial charge is 0.310 e. The summed E-state index contributed by atoms with van der Waals surface area (Å²) in [6.07, 6.45) is 0. The van der Waals surface area contributed by atoms with E-state index in [1.165, 1.54) is 66.3 Å². The first-order valence-corrected chi connectivity index (χ1v) is 19.2. The van der Waals surface area contributed by atoms with Crippen molar-refractivity contribution in [3.63, 3.8) is 0 Å². The van der Waals surface area contributed by atoms with Crippen LogP contribution in [0.5, 0.6) is 0 Å². The van der Waals surface area contributed by atoms with E-state index >= 15 is 0 Å². The molecule has 0 fully saturated rings. The van der Waals surface area contributed by atoms with Crippen LogP contribution >= 0.6 is 0 Å². The highest BCUT2D eigenvalue weighted by atomic mass is 15.1. The van der Waals surface area contributed by atoms with Gasteiger partial charge in [0.05, 0.1) is 11.0 Å². The minimum atomic E-state index is 1.09. The molecule has 0 spiro atoms. The number of rotatable bonds is 8. The summed E-state index contributed by atoms with van der Waals surface area (Å²) in [5.74, 6) is 0. The standard InChI is InChI=1S/C54H38N2/c1-5-15-39(16-6-1)42-27-31-47(32-28-42)55(48-33-29-43(30-34-48)40-17-7-2-8-18-40)49-35-36-52-51(38-49)54-50(25-14-26-53(54)56(52)46-23-11-4-12-24-46)45-22-13-21-44(37-45)41-19-9-3-10-20-41/h1-38H. The first-order chi connectivity index (χ1) is 27.8. The zero-order valence-electron chi connectivity index (χ0n) is 30.8. The normalized spacial score (nSPS) is 11.2. The Kier molecular flexibility index (Phi) is 8.55. The molecule has 2 heteroatoms. The Labute approximate surface area is 327 Å². The van der Waals surface area contributed by atoms with Crippen molar-refractivity contribution in [3.05, 3.63) is 231 Å². The molecule has 0 aliphatic carbocycles. The van der Waals surface area contributed by atoms with Gasteiger partial charge in [-0.05, 0) is 111 Å². The predicted molar refractivity (Wildman–Crippen MR) is 237 cm³/mol. The van der Waals surface area contributed by atoms with Gasteiger partial charge in [0.15, 0.2) is 0 Å². The second-order valence-corrected chi connectivity index (χ2v) is 14.2. The summed E-state index contributed by atoms with van der Waals surface area (Å²) in [5.41, 5.74) is 16.4. The van der Waals surface area contributed by atoms with Gasteiger partial charge in [0.2, 0.25) is 0 Å². The number of aromatic nitrogens is 1. The molecule has 0 radical (unpaired) electrons. The van der Waals surface area contributed by atoms with Gasteiger partial charge in [0.1, 0.15) is 0 Å². The molecule has 0 saturated heterocycles. The number of anilines is 3. The Morgan fingerprint density at radius 3 is 1.30 bits per heavy atom. The molecular weight excluding hydrogens is 677 g/mol. The smallest absolute Gasteiger partial charge is 0.0547 e. The lowest BCUT2D eigenvalue weighted by Crippen LogP contribution is -2.10. The molecule has 1 heterocycles. The molecule has 264 valence electrons. The second kappa shape index (κ2) is 14.4. The molecule has 0 unspecified atom stereocenters. The van der Waals surface area contributed by atoms with Crippen LogP contribution in [0.25, 0.3) is 72.0 Å². The summed E-state index contributed by atoms with van der Waals surface area (Å²) in [4.78, 5) is 2.38. The Bertz CT molecular complexity index is 2830. The number of benzene rings is 9. The maximum atomic E-state index is 2.41. The molecule has 0 N–H and O–H groups in total. The summed E-state index contributed by atoms with van der Waals surface area (Å²) in [7, 11) is 0. The van der Waals surface area contributed by atoms with Crippen molar-refractivity contribution in [1.29, 1.82) is 0 Å². The fourth-order valence-electron chi connectivity index (χ4n) is 8.10. The van der Waals surface area contributed by atoms with Crippen LogP contribution in [-0.2, 0) is 0 Å². The maximum absolute atomic E-state index is 2.41. The van der Waals surface area contributed by atoms with Crippen molar-refractivity contribution in [2.45, 2.75) is 0 Å². The average Bonchev–Trinajstić information content (AvgIpc) is 3.62. The van der Waals surface area contributed by atoms with E-state index in [0.29, 0.717) is 0 Å². The first-order valence-electron chi connectivity index (χ1n) is 19.2. The van der Waals surface area contributed by atoms with E-state index in [4.69, 9.17) is 0 Å². The van der Waals surface area contributed by atoms with E-state index < -0.39 is 0 Å². The lowest BCUT2D eigenvalue weighted by atomic mass is 9.95. The van der Waals surface area contributed by atoms with E-state index in [0.717, 1.165) is 22.7 Å². The molecule has 10 aromatic rings. The third-order valence-corrected chi connectivity index (χ3v) is 10.8. The van der Waals surface area contributed by atoms with Gasteiger partial charge < -0.3 is 9.47 Å². The van der Waals surface area contributed by atoms with Crippen molar-refractivity contribution in [3.8, 4) is 50.2 Å². The fraction of sp³-hybridized carbons (Fsp3) is 0. The molecule has 0 aliphatic rings. The Hall–Kier alpha value is -7.42. The molecular formula is C54H38N2. The molecule has 1 aromatic heterocycles. The molecule has 0 bridgehead atoms. The Morgan fingerprint density at radius 2 is 0.732 bits per heavy atom. The third-order valence-electron chi connectivity index (χ3n) is 10.8. The Balaban J connectivity index is 1.18. The Morgan fingerprint density at radius 1 is 0.286 bits per heavy atom. The van der Waals surface area contributed by atoms with Crippen molar-refractivity contribution in [2.24, 2.45) is 0 Å². The summed E-state index contributed by atoms with van der Waals surface area (Å²) in [6, 6.07) is 83.1. The SMILES string of the molecule is c1ccc(-c2ccc(N(c3ccc(-c4ccccc4)cc3)c3ccc4c(c3)c3c(-c5cccc(-c6ccccc6)c5)cccc3n4-c3ccccc3)cc2)cc1. The zero-order valence-corrected chi connectivity index (χ0v) is 30.8. The van der Waals surface area contributed by atoms with Crippen LogP contribution in [-0.4, -0.2) is 4.57 Å².